The number of para-hydroxylation sites is 3. The molecule has 0 saturated heterocycles. The maximum atomic E-state index is 6.23. The zero-order valence-electron chi connectivity index (χ0n) is 23.5. The van der Waals surface area contributed by atoms with E-state index in [-0.39, 0.29) is 0 Å². The highest BCUT2D eigenvalue weighted by molar-refractivity contribution is 6.19. The van der Waals surface area contributed by atoms with Crippen LogP contribution in [0.25, 0.3) is 93.4 Å². The van der Waals surface area contributed by atoms with Crippen LogP contribution in [-0.2, 0) is 0 Å². The molecule has 0 atom stereocenters. The Hall–Kier alpha value is -6.00. The molecule has 7 aromatic carbocycles. The maximum Gasteiger partial charge on any atom is 0.235 e. The molecule has 3 aromatic heterocycles. The van der Waals surface area contributed by atoms with Crippen LogP contribution in [-0.4, -0.2) is 14.5 Å². The Kier molecular flexibility index (Phi) is 4.69. The van der Waals surface area contributed by atoms with Gasteiger partial charge in [-0.25, -0.2) is 9.97 Å². The number of furan rings is 1. The van der Waals surface area contributed by atoms with Crippen molar-refractivity contribution in [2.24, 2.45) is 0 Å². The van der Waals surface area contributed by atoms with Gasteiger partial charge in [-0.1, -0.05) is 97.1 Å². The lowest BCUT2D eigenvalue weighted by molar-refractivity contribution is 0.669. The molecule has 44 heavy (non-hydrogen) atoms. The van der Waals surface area contributed by atoms with Crippen LogP contribution in [0, 0.1) is 0 Å². The molecular weight excluding hydrogens is 538 g/mol. The fraction of sp³-hybridized carbons (Fsp3) is 0. The monoisotopic (exact) mass is 561 g/mol. The Bertz CT molecular complexity index is 2790. The highest BCUT2D eigenvalue weighted by Gasteiger charge is 2.18. The van der Waals surface area contributed by atoms with E-state index in [1.165, 1.54) is 26.9 Å². The van der Waals surface area contributed by atoms with Gasteiger partial charge in [0.05, 0.1) is 22.2 Å². The largest absolute Gasteiger partial charge is 0.456 e. The van der Waals surface area contributed by atoms with Gasteiger partial charge in [0.25, 0.3) is 0 Å². The first-order chi connectivity index (χ1) is 21.8. The van der Waals surface area contributed by atoms with Gasteiger partial charge >= 0.3 is 0 Å². The van der Waals surface area contributed by atoms with E-state index in [9.17, 15) is 0 Å². The van der Waals surface area contributed by atoms with Crippen molar-refractivity contribution in [3.8, 4) is 17.2 Å². The van der Waals surface area contributed by atoms with Crippen molar-refractivity contribution >= 4 is 76.2 Å². The fourth-order valence-corrected chi connectivity index (χ4v) is 6.95. The molecule has 204 valence electrons. The lowest BCUT2D eigenvalue weighted by Crippen LogP contribution is -2.03. The zero-order valence-corrected chi connectivity index (χ0v) is 23.5. The fourth-order valence-electron chi connectivity index (χ4n) is 6.95. The van der Waals surface area contributed by atoms with E-state index in [4.69, 9.17) is 14.4 Å². The third-order valence-corrected chi connectivity index (χ3v) is 8.96. The van der Waals surface area contributed by atoms with E-state index in [1.807, 2.05) is 18.2 Å². The summed E-state index contributed by atoms with van der Waals surface area (Å²) >= 11 is 0. The van der Waals surface area contributed by atoms with Crippen molar-refractivity contribution in [1.29, 1.82) is 0 Å². The van der Waals surface area contributed by atoms with Gasteiger partial charge in [-0.2, -0.15) is 0 Å². The summed E-state index contributed by atoms with van der Waals surface area (Å²) in [6.45, 7) is 0. The predicted molar refractivity (Wildman–Crippen MR) is 182 cm³/mol. The minimum absolute atomic E-state index is 0.659. The third kappa shape index (κ3) is 3.28. The van der Waals surface area contributed by atoms with Crippen LogP contribution in [0.2, 0.25) is 0 Å². The van der Waals surface area contributed by atoms with Crippen molar-refractivity contribution in [2.45, 2.75) is 0 Å². The SMILES string of the molecule is c1ccc2cc3c(cc2c1)c1ccccc1n3-c1nc(-c2ccc3ccc4oc5ccccc5c4c3c2)c2ccccc2n1. The Labute approximate surface area is 251 Å². The summed E-state index contributed by atoms with van der Waals surface area (Å²) in [4.78, 5) is 10.5. The smallest absolute Gasteiger partial charge is 0.235 e. The quantitative estimate of drug-likeness (QED) is 0.211. The Morgan fingerprint density at radius 3 is 2.09 bits per heavy atom. The molecule has 3 heterocycles. The van der Waals surface area contributed by atoms with Crippen molar-refractivity contribution in [1.82, 2.24) is 14.5 Å². The second kappa shape index (κ2) is 8.76. The lowest BCUT2D eigenvalue weighted by atomic mass is 9.99. The molecule has 0 spiro atoms. The first-order valence-corrected chi connectivity index (χ1v) is 14.8. The van der Waals surface area contributed by atoms with E-state index < -0.39 is 0 Å². The summed E-state index contributed by atoms with van der Waals surface area (Å²) in [6, 6.07) is 49.0. The third-order valence-electron chi connectivity index (χ3n) is 8.96. The topological polar surface area (TPSA) is 43.9 Å². The molecule has 0 bridgehead atoms. The van der Waals surface area contributed by atoms with Crippen molar-refractivity contribution in [3.05, 3.63) is 140 Å². The molecule has 0 amide bonds. The molecule has 0 fully saturated rings. The molecule has 10 rings (SSSR count). The van der Waals surface area contributed by atoms with Crippen LogP contribution in [0.4, 0.5) is 0 Å². The molecule has 0 unspecified atom stereocenters. The normalized spacial score (nSPS) is 12.1. The van der Waals surface area contributed by atoms with Crippen LogP contribution in [0.1, 0.15) is 0 Å². The number of nitrogens with zero attached hydrogens (tertiary/aromatic N) is 3. The molecule has 0 saturated carbocycles. The number of aromatic nitrogens is 3. The number of rotatable bonds is 2. The first-order valence-electron chi connectivity index (χ1n) is 14.8. The van der Waals surface area contributed by atoms with Gasteiger partial charge in [0.1, 0.15) is 11.2 Å². The van der Waals surface area contributed by atoms with Crippen molar-refractivity contribution in [2.75, 3.05) is 0 Å². The van der Waals surface area contributed by atoms with Crippen molar-refractivity contribution < 1.29 is 4.42 Å². The second-order valence-electron chi connectivity index (χ2n) is 11.4. The minimum atomic E-state index is 0.659. The van der Waals surface area contributed by atoms with Crippen LogP contribution in [0.5, 0.6) is 0 Å². The standard InChI is InChI=1S/C40H23N3O/c1-2-10-26-23-35-32(21-25(26)9-1)28-11-4-7-15-34(28)43(35)40-41-33-14-6-3-12-29(33)39(42-40)27-18-17-24-19-20-37-38(31(24)22-27)30-13-5-8-16-36(30)44-37/h1-23H. The second-order valence-corrected chi connectivity index (χ2v) is 11.4. The Morgan fingerprint density at radius 1 is 0.455 bits per heavy atom. The van der Waals surface area contributed by atoms with E-state index in [0.29, 0.717) is 5.95 Å². The molecule has 0 N–H and O–H groups in total. The summed E-state index contributed by atoms with van der Waals surface area (Å²) in [5.74, 6) is 0.659. The predicted octanol–water partition coefficient (Wildman–Crippen LogP) is 10.6. The molecule has 4 nitrogen and oxygen atoms in total. The van der Waals surface area contributed by atoms with E-state index in [1.54, 1.807) is 0 Å². The van der Waals surface area contributed by atoms with Gasteiger partial charge in [-0.3, -0.25) is 4.57 Å². The van der Waals surface area contributed by atoms with Gasteiger partial charge in [-0.05, 0) is 64.0 Å². The molecule has 0 aliphatic rings. The summed E-state index contributed by atoms with van der Waals surface area (Å²) < 4.78 is 8.45. The highest BCUT2D eigenvalue weighted by atomic mass is 16.3. The summed E-state index contributed by atoms with van der Waals surface area (Å²) in [7, 11) is 0. The van der Waals surface area contributed by atoms with Crippen molar-refractivity contribution in [3.63, 3.8) is 0 Å². The number of fused-ring (bicyclic) bond motifs is 10. The average Bonchev–Trinajstić information content (AvgIpc) is 3.62. The van der Waals surface area contributed by atoms with E-state index >= 15 is 0 Å². The van der Waals surface area contributed by atoms with Crippen LogP contribution in [0.15, 0.2) is 144 Å². The van der Waals surface area contributed by atoms with Crippen LogP contribution >= 0.6 is 0 Å². The summed E-state index contributed by atoms with van der Waals surface area (Å²) in [6.07, 6.45) is 0. The van der Waals surface area contributed by atoms with E-state index in [2.05, 4.69) is 126 Å². The van der Waals surface area contributed by atoms with Gasteiger partial charge in [0.2, 0.25) is 5.95 Å². The molecule has 0 aliphatic carbocycles. The van der Waals surface area contributed by atoms with Gasteiger partial charge in [0, 0.05) is 32.5 Å². The number of hydrogen-bond donors (Lipinski definition) is 0. The first kappa shape index (κ1) is 23.6. The molecule has 10 aromatic rings. The molecule has 0 aliphatic heterocycles. The Balaban J connectivity index is 1.29. The summed E-state index contributed by atoms with van der Waals surface area (Å²) in [5.41, 5.74) is 6.83. The van der Waals surface area contributed by atoms with Crippen LogP contribution < -0.4 is 0 Å². The Morgan fingerprint density at radius 2 is 1.18 bits per heavy atom. The van der Waals surface area contributed by atoms with Gasteiger partial charge in [-0.15, -0.1) is 0 Å². The zero-order chi connectivity index (χ0) is 28.8. The van der Waals surface area contributed by atoms with Gasteiger partial charge < -0.3 is 4.42 Å². The van der Waals surface area contributed by atoms with Gasteiger partial charge in [0.15, 0.2) is 0 Å². The van der Waals surface area contributed by atoms with E-state index in [0.717, 1.165) is 60.5 Å². The number of benzene rings is 7. The summed E-state index contributed by atoms with van der Waals surface area (Å²) in [5, 5.41) is 10.4. The average molecular weight is 562 g/mol. The molecule has 4 heteroatoms. The minimum Gasteiger partial charge on any atom is -0.456 e. The molecule has 0 radical (unpaired) electrons. The number of hydrogen-bond acceptors (Lipinski definition) is 3. The molecular formula is C40H23N3O. The highest BCUT2D eigenvalue weighted by Crippen LogP contribution is 2.39. The lowest BCUT2D eigenvalue weighted by Gasteiger charge is -2.12. The maximum absolute atomic E-state index is 6.23. The van der Waals surface area contributed by atoms with Crippen LogP contribution in [0.3, 0.4) is 0 Å².